The van der Waals surface area contributed by atoms with Gasteiger partial charge in [0.15, 0.2) is 0 Å². The molecular weight excluding hydrogens is 126 g/mol. The lowest BCUT2D eigenvalue weighted by molar-refractivity contribution is 0.0537. The topological polar surface area (TPSA) is 21.3 Å². The van der Waals surface area contributed by atoms with E-state index >= 15 is 0 Å². The van der Waals surface area contributed by atoms with Gasteiger partial charge in [-0.1, -0.05) is 0 Å². The lowest BCUT2D eigenvalue weighted by Crippen LogP contribution is -2.33. The number of hydrogen-bond acceptors (Lipinski definition) is 2. The Kier molecular flexibility index (Phi) is 3.16. The number of ether oxygens (including phenoxy) is 1. The number of hydrogen-bond donors (Lipinski definition) is 1. The fourth-order valence-electron chi connectivity index (χ4n) is 1.51. The van der Waals surface area contributed by atoms with Crippen LogP contribution in [0.15, 0.2) is 0 Å². The second kappa shape index (κ2) is 3.94. The van der Waals surface area contributed by atoms with E-state index in [-0.39, 0.29) is 0 Å². The van der Waals surface area contributed by atoms with E-state index in [0.29, 0.717) is 6.10 Å². The van der Waals surface area contributed by atoms with Gasteiger partial charge in [0.25, 0.3) is 0 Å². The fourth-order valence-corrected chi connectivity index (χ4v) is 1.51. The summed E-state index contributed by atoms with van der Waals surface area (Å²) in [5.41, 5.74) is 0. The molecule has 2 nitrogen and oxygen atoms in total. The van der Waals surface area contributed by atoms with Gasteiger partial charge in [-0.3, -0.25) is 0 Å². The van der Waals surface area contributed by atoms with Crippen molar-refractivity contribution in [2.45, 2.75) is 25.9 Å². The van der Waals surface area contributed by atoms with Gasteiger partial charge in [0.2, 0.25) is 0 Å². The molecular formula is C8H17NO. The summed E-state index contributed by atoms with van der Waals surface area (Å²) in [5.74, 6) is 0.784. The van der Waals surface area contributed by atoms with E-state index in [2.05, 4.69) is 12.2 Å². The van der Waals surface area contributed by atoms with Crippen molar-refractivity contribution in [3.05, 3.63) is 0 Å². The first-order valence-electron chi connectivity index (χ1n) is 4.08. The molecule has 2 heteroatoms. The van der Waals surface area contributed by atoms with Crippen LogP contribution in [0.5, 0.6) is 0 Å². The fraction of sp³-hybridized carbons (Fsp3) is 1.00. The SMILES string of the molecule is COC(C)C1CCNCC1. The van der Waals surface area contributed by atoms with E-state index in [1.54, 1.807) is 7.11 Å². The number of nitrogens with one attached hydrogen (secondary N) is 1. The van der Waals surface area contributed by atoms with E-state index in [0.717, 1.165) is 5.92 Å². The Hall–Kier alpha value is -0.0800. The van der Waals surface area contributed by atoms with Gasteiger partial charge >= 0.3 is 0 Å². The average Bonchev–Trinajstić information content (AvgIpc) is 2.05. The van der Waals surface area contributed by atoms with Crippen molar-refractivity contribution in [2.75, 3.05) is 20.2 Å². The Morgan fingerprint density at radius 1 is 1.40 bits per heavy atom. The zero-order valence-electron chi connectivity index (χ0n) is 6.89. The van der Waals surface area contributed by atoms with Crippen LogP contribution in [0.2, 0.25) is 0 Å². The zero-order valence-corrected chi connectivity index (χ0v) is 6.89. The van der Waals surface area contributed by atoms with Crippen LogP contribution in [0.3, 0.4) is 0 Å². The van der Waals surface area contributed by atoms with Crippen LogP contribution in [0.1, 0.15) is 19.8 Å². The van der Waals surface area contributed by atoms with Crippen LogP contribution in [0.25, 0.3) is 0 Å². The normalized spacial score (nSPS) is 24.6. The second-order valence-electron chi connectivity index (χ2n) is 3.03. The molecule has 0 spiro atoms. The molecule has 0 bridgehead atoms. The van der Waals surface area contributed by atoms with Crippen molar-refractivity contribution < 1.29 is 4.74 Å². The molecule has 1 aliphatic rings. The third kappa shape index (κ3) is 1.96. The molecule has 1 N–H and O–H groups in total. The number of piperidine rings is 1. The Morgan fingerprint density at radius 2 is 2.00 bits per heavy atom. The maximum absolute atomic E-state index is 5.26. The largest absolute Gasteiger partial charge is 0.381 e. The van der Waals surface area contributed by atoms with Crippen molar-refractivity contribution in [1.82, 2.24) is 5.32 Å². The molecule has 1 rings (SSSR count). The van der Waals surface area contributed by atoms with Gasteiger partial charge in [0.05, 0.1) is 6.10 Å². The van der Waals surface area contributed by atoms with Crippen LogP contribution in [-0.2, 0) is 4.74 Å². The number of methoxy groups -OCH3 is 1. The molecule has 10 heavy (non-hydrogen) atoms. The Balaban J connectivity index is 2.24. The minimum absolute atomic E-state index is 0.446. The molecule has 1 atom stereocenters. The Morgan fingerprint density at radius 3 is 2.50 bits per heavy atom. The van der Waals surface area contributed by atoms with Crippen molar-refractivity contribution in [1.29, 1.82) is 0 Å². The van der Waals surface area contributed by atoms with Crippen LogP contribution in [-0.4, -0.2) is 26.3 Å². The molecule has 1 saturated heterocycles. The van der Waals surface area contributed by atoms with Gasteiger partial charge in [0.1, 0.15) is 0 Å². The maximum Gasteiger partial charge on any atom is 0.0572 e. The summed E-state index contributed by atoms with van der Waals surface area (Å²) in [6.45, 7) is 4.49. The van der Waals surface area contributed by atoms with Gasteiger partial charge < -0.3 is 10.1 Å². The molecule has 0 aliphatic carbocycles. The minimum atomic E-state index is 0.446. The highest BCUT2D eigenvalue weighted by atomic mass is 16.5. The molecule has 60 valence electrons. The Bertz CT molecular complexity index is 89.3. The molecule has 0 aromatic heterocycles. The Labute approximate surface area is 63.0 Å². The smallest absolute Gasteiger partial charge is 0.0572 e. The molecule has 1 fully saturated rings. The summed E-state index contributed by atoms with van der Waals surface area (Å²) in [5, 5.41) is 3.34. The molecule has 1 heterocycles. The highest BCUT2D eigenvalue weighted by Gasteiger charge is 2.18. The summed E-state index contributed by atoms with van der Waals surface area (Å²) in [6, 6.07) is 0. The van der Waals surface area contributed by atoms with Crippen molar-refractivity contribution >= 4 is 0 Å². The molecule has 0 saturated carbocycles. The van der Waals surface area contributed by atoms with Gasteiger partial charge in [-0.15, -0.1) is 0 Å². The summed E-state index contributed by atoms with van der Waals surface area (Å²) in [7, 11) is 1.80. The quantitative estimate of drug-likeness (QED) is 0.623. The van der Waals surface area contributed by atoms with E-state index in [1.165, 1.54) is 25.9 Å². The molecule has 0 aromatic carbocycles. The van der Waals surface area contributed by atoms with Crippen LogP contribution >= 0.6 is 0 Å². The summed E-state index contributed by atoms with van der Waals surface area (Å²) in [4.78, 5) is 0. The van der Waals surface area contributed by atoms with Crippen molar-refractivity contribution in [2.24, 2.45) is 5.92 Å². The van der Waals surface area contributed by atoms with Crippen LogP contribution in [0, 0.1) is 5.92 Å². The predicted molar refractivity (Wildman–Crippen MR) is 42.1 cm³/mol. The zero-order chi connectivity index (χ0) is 7.40. The first-order valence-corrected chi connectivity index (χ1v) is 4.08. The average molecular weight is 143 g/mol. The number of rotatable bonds is 2. The summed E-state index contributed by atoms with van der Waals surface area (Å²) < 4.78 is 5.26. The third-order valence-corrected chi connectivity index (χ3v) is 2.42. The van der Waals surface area contributed by atoms with E-state index < -0.39 is 0 Å². The molecule has 0 radical (unpaired) electrons. The van der Waals surface area contributed by atoms with Crippen LogP contribution in [0.4, 0.5) is 0 Å². The first-order chi connectivity index (χ1) is 4.84. The van der Waals surface area contributed by atoms with E-state index in [9.17, 15) is 0 Å². The highest BCUT2D eigenvalue weighted by Crippen LogP contribution is 2.17. The third-order valence-electron chi connectivity index (χ3n) is 2.42. The van der Waals surface area contributed by atoms with Gasteiger partial charge in [-0.05, 0) is 38.8 Å². The highest BCUT2D eigenvalue weighted by molar-refractivity contribution is 4.72. The first kappa shape index (κ1) is 8.02. The predicted octanol–water partition coefficient (Wildman–Crippen LogP) is 1.02. The van der Waals surface area contributed by atoms with Crippen molar-refractivity contribution in [3.8, 4) is 0 Å². The minimum Gasteiger partial charge on any atom is -0.381 e. The lowest BCUT2D eigenvalue weighted by Gasteiger charge is -2.26. The molecule has 1 unspecified atom stereocenters. The van der Waals surface area contributed by atoms with Gasteiger partial charge in [-0.2, -0.15) is 0 Å². The molecule has 1 aliphatic heterocycles. The van der Waals surface area contributed by atoms with E-state index in [4.69, 9.17) is 4.74 Å². The molecule has 0 aromatic rings. The van der Waals surface area contributed by atoms with Gasteiger partial charge in [-0.25, -0.2) is 0 Å². The lowest BCUT2D eigenvalue weighted by atomic mass is 9.93. The van der Waals surface area contributed by atoms with Crippen molar-refractivity contribution in [3.63, 3.8) is 0 Å². The molecule has 0 amide bonds. The summed E-state index contributed by atoms with van der Waals surface area (Å²) in [6.07, 6.45) is 2.99. The van der Waals surface area contributed by atoms with Crippen LogP contribution < -0.4 is 5.32 Å². The second-order valence-corrected chi connectivity index (χ2v) is 3.03. The standard InChI is InChI=1S/C8H17NO/c1-7(10-2)8-3-5-9-6-4-8/h7-9H,3-6H2,1-2H3. The van der Waals surface area contributed by atoms with E-state index in [1.807, 2.05) is 0 Å². The maximum atomic E-state index is 5.26. The van der Waals surface area contributed by atoms with Gasteiger partial charge in [0, 0.05) is 7.11 Å². The monoisotopic (exact) mass is 143 g/mol. The summed E-state index contributed by atoms with van der Waals surface area (Å²) >= 11 is 0.